The molecular formula is C23H47KO4S. The summed E-state index contributed by atoms with van der Waals surface area (Å²) in [6, 6.07) is 0. The Labute approximate surface area is 224 Å². The van der Waals surface area contributed by atoms with Crippen LogP contribution in [0.1, 0.15) is 136 Å². The Morgan fingerprint density at radius 3 is 1.41 bits per heavy atom. The summed E-state index contributed by atoms with van der Waals surface area (Å²) in [6.45, 7) is 4.16. The van der Waals surface area contributed by atoms with Gasteiger partial charge in [-0.3, -0.25) is 0 Å². The van der Waals surface area contributed by atoms with E-state index in [9.17, 15) is 18.1 Å². The minimum Gasteiger partial charge on any atom is -0.748 e. The second kappa shape index (κ2) is 22.7. The third-order valence-electron chi connectivity index (χ3n) is 5.72. The van der Waals surface area contributed by atoms with Crippen LogP contribution >= 0.6 is 0 Å². The molecule has 0 aromatic carbocycles. The molecule has 0 aliphatic heterocycles. The Morgan fingerprint density at radius 2 is 1.00 bits per heavy atom. The van der Waals surface area contributed by atoms with Gasteiger partial charge in [0, 0.05) is 5.25 Å². The molecule has 0 heterocycles. The molecule has 6 heteroatoms. The van der Waals surface area contributed by atoms with Gasteiger partial charge in [-0.15, -0.1) is 0 Å². The normalized spacial score (nSPS) is 13.8. The van der Waals surface area contributed by atoms with Gasteiger partial charge in [0.15, 0.2) is 0 Å². The molecule has 0 amide bonds. The van der Waals surface area contributed by atoms with E-state index in [0.717, 1.165) is 44.9 Å². The van der Waals surface area contributed by atoms with E-state index in [-0.39, 0.29) is 57.5 Å². The third-order valence-corrected chi connectivity index (χ3v) is 7.01. The topological polar surface area (TPSA) is 77.4 Å². The number of aliphatic hydroxyl groups excluding tert-OH is 1. The van der Waals surface area contributed by atoms with Crippen LogP contribution in [0.25, 0.3) is 0 Å². The van der Waals surface area contributed by atoms with Crippen molar-refractivity contribution >= 4 is 10.1 Å². The van der Waals surface area contributed by atoms with Crippen LogP contribution in [0.4, 0.5) is 0 Å². The van der Waals surface area contributed by atoms with Gasteiger partial charge < -0.3 is 9.66 Å². The zero-order chi connectivity index (χ0) is 21.1. The molecule has 4 nitrogen and oxygen atoms in total. The standard InChI is InChI=1S/C23H48O4S.K/c1-3-5-6-7-8-9-10-11-12-13-15-19-22(24)20-16-14-17-21-23(18-4-2)28(25,26)27;/h22-24H,3-21H2,1-2H3,(H,25,26,27);/q;+1/p-1. The molecule has 0 bridgehead atoms. The van der Waals surface area contributed by atoms with Gasteiger partial charge in [0.1, 0.15) is 0 Å². The van der Waals surface area contributed by atoms with Crippen molar-refractivity contribution in [2.24, 2.45) is 0 Å². The number of aliphatic hydroxyl groups is 1. The second-order valence-electron chi connectivity index (χ2n) is 8.52. The summed E-state index contributed by atoms with van der Waals surface area (Å²) in [5, 5.41) is 9.35. The smallest absolute Gasteiger partial charge is 0.748 e. The van der Waals surface area contributed by atoms with Gasteiger partial charge in [-0.25, -0.2) is 8.42 Å². The first-order chi connectivity index (χ1) is 13.4. The quantitative estimate of drug-likeness (QED) is 0.162. The fraction of sp³-hybridized carbons (Fsp3) is 1.00. The molecule has 1 N–H and O–H groups in total. The van der Waals surface area contributed by atoms with Crippen molar-refractivity contribution in [2.45, 2.75) is 147 Å². The van der Waals surface area contributed by atoms with Crippen LogP contribution in [0.2, 0.25) is 0 Å². The van der Waals surface area contributed by atoms with Gasteiger partial charge in [-0.2, -0.15) is 0 Å². The summed E-state index contributed by atoms with van der Waals surface area (Å²) >= 11 is 0. The molecule has 29 heavy (non-hydrogen) atoms. The Morgan fingerprint density at radius 1 is 0.621 bits per heavy atom. The predicted octanol–water partition coefficient (Wildman–Crippen LogP) is 3.72. The maximum Gasteiger partial charge on any atom is 1.00 e. The number of unbranched alkanes of at least 4 members (excludes halogenated alkanes) is 12. The second-order valence-corrected chi connectivity index (χ2v) is 10.2. The summed E-state index contributed by atoms with van der Waals surface area (Å²) in [5.74, 6) is 0. The number of hydrogen-bond donors (Lipinski definition) is 1. The summed E-state index contributed by atoms with van der Waals surface area (Å²) in [4.78, 5) is 0. The van der Waals surface area contributed by atoms with Gasteiger partial charge in [-0.1, -0.05) is 110 Å². The maximum atomic E-state index is 11.2. The third kappa shape index (κ3) is 22.5. The Balaban J connectivity index is 0. The van der Waals surface area contributed by atoms with Crippen LogP contribution in [0.3, 0.4) is 0 Å². The first-order valence-corrected chi connectivity index (χ1v) is 13.5. The average Bonchev–Trinajstić information content (AvgIpc) is 2.64. The van der Waals surface area contributed by atoms with Gasteiger partial charge in [0.05, 0.1) is 16.2 Å². The van der Waals surface area contributed by atoms with Crippen molar-refractivity contribution in [3.05, 3.63) is 0 Å². The van der Waals surface area contributed by atoms with Gasteiger partial charge in [0.25, 0.3) is 0 Å². The molecule has 2 unspecified atom stereocenters. The zero-order valence-electron chi connectivity index (χ0n) is 19.7. The van der Waals surface area contributed by atoms with Crippen molar-refractivity contribution in [3.63, 3.8) is 0 Å². The Kier molecular flexibility index (Phi) is 25.6. The largest absolute Gasteiger partial charge is 1.00 e. The molecule has 0 aromatic heterocycles. The summed E-state index contributed by atoms with van der Waals surface area (Å²) in [7, 11) is -4.16. The van der Waals surface area contributed by atoms with Crippen LogP contribution in [-0.2, 0) is 10.1 Å². The van der Waals surface area contributed by atoms with Crippen LogP contribution in [0.15, 0.2) is 0 Å². The SMILES string of the molecule is CCCCCCCCCCCCCC(O)CCCCCC(CCC)S(=O)(=O)[O-].[K+]. The molecule has 0 saturated carbocycles. The molecule has 0 aliphatic rings. The van der Waals surface area contributed by atoms with E-state index in [4.69, 9.17) is 0 Å². The molecule has 170 valence electrons. The molecule has 0 fully saturated rings. The van der Waals surface area contributed by atoms with Crippen molar-refractivity contribution in [1.29, 1.82) is 0 Å². The van der Waals surface area contributed by atoms with Crippen molar-refractivity contribution < 1.29 is 69.5 Å². The van der Waals surface area contributed by atoms with E-state index >= 15 is 0 Å². The Bertz CT molecular complexity index is 429. The molecule has 0 saturated heterocycles. The van der Waals surface area contributed by atoms with Gasteiger partial charge in [0.2, 0.25) is 0 Å². The summed E-state index contributed by atoms with van der Waals surface area (Å²) in [5.41, 5.74) is 0. The zero-order valence-corrected chi connectivity index (χ0v) is 23.6. The number of rotatable bonds is 21. The molecule has 0 radical (unpaired) electrons. The van der Waals surface area contributed by atoms with E-state index in [2.05, 4.69) is 6.92 Å². The molecule has 0 spiro atoms. The van der Waals surface area contributed by atoms with Crippen molar-refractivity contribution in [3.8, 4) is 0 Å². The van der Waals surface area contributed by atoms with Crippen molar-refractivity contribution in [2.75, 3.05) is 0 Å². The van der Waals surface area contributed by atoms with E-state index in [0.29, 0.717) is 12.8 Å². The minimum absolute atomic E-state index is 0. The van der Waals surface area contributed by atoms with E-state index in [1.807, 2.05) is 6.92 Å². The predicted molar refractivity (Wildman–Crippen MR) is 119 cm³/mol. The van der Waals surface area contributed by atoms with Crippen molar-refractivity contribution in [1.82, 2.24) is 0 Å². The van der Waals surface area contributed by atoms with E-state index in [1.54, 1.807) is 0 Å². The molecule has 0 aromatic rings. The van der Waals surface area contributed by atoms with Gasteiger partial charge in [-0.05, 0) is 25.7 Å². The molecular weight excluding hydrogens is 411 g/mol. The van der Waals surface area contributed by atoms with Crippen LogP contribution < -0.4 is 51.4 Å². The van der Waals surface area contributed by atoms with E-state index in [1.165, 1.54) is 64.2 Å². The van der Waals surface area contributed by atoms with Gasteiger partial charge >= 0.3 is 51.4 Å². The fourth-order valence-electron chi connectivity index (χ4n) is 3.87. The molecule has 0 aliphatic carbocycles. The fourth-order valence-corrected chi connectivity index (χ4v) is 4.85. The van der Waals surface area contributed by atoms with Crippen LogP contribution in [0, 0.1) is 0 Å². The maximum absolute atomic E-state index is 11.2. The van der Waals surface area contributed by atoms with E-state index < -0.39 is 15.4 Å². The van der Waals surface area contributed by atoms with Crippen LogP contribution in [0.5, 0.6) is 0 Å². The first-order valence-electron chi connectivity index (χ1n) is 12.0. The summed E-state index contributed by atoms with van der Waals surface area (Å²) < 4.78 is 33.5. The number of hydrogen-bond acceptors (Lipinski definition) is 4. The average molecular weight is 459 g/mol. The minimum atomic E-state index is -4.16. The Hall–Kier alpha value is 1.51. The molecule has 0 rings (SSSR count). The molecule has 2 atom stereocenters. The van der Waals surface area contributed by atoms with Crippen LogP contribution in [-0.4, -0.2) is 29.4 Å². The summed E-state index contributed by atoms with van der Waals surface area (Å²) in [6.07, 6.45) is 20.2. The monoisotopic (exact) mass is 458 g/mol. The first kappa shape index (κ1) is 32.7.